The quantitative estimate of drug-likeness (QED) is 0.836. The molecule has 2 atom stereocenters. The van der Waals surface area contributed by atoms with Crippen molar-refractivity contribution in [2.45, 2.75) is 63.6 Å². The third-order valence-electron chi connectivity index (χ3n) is 5.94. The molecule has 0 spiro atoms. The summed E-state index contributed by atoms with van der Waals surface area (Å²) in [6.07, 6.45) is 17.6. The molecule has 1 saturated carbocycles. The lowest BCUT2D eigenvalue weighted by Gasteiger charge is -2.33. The molecule has 1 fully saturated rings. The van der Waals surface area contributed by atoms with Crippen LogP contribution >= 0.6 is 0 Å². The van der Waals surface area contributed by atoms with Crippen LogP contribution in [0.2, 0.25) is 0 Å². The molecule has 2 unspecified atom stereocenters. The fraction of sp³-hybridized carbons (Fsp3) is 0.435. The molecule has 1 aromatic carbocycles. The number of imidazole rings is 1. The van der Waals surface area contributed by atoms with E-state index < -0.39 is 0 Å². The van der Waals surface area contributed by atoms with Crippen LogP contribution < -0.4 is 11.1 Å². The van der Waals surface area contributed by atoms with Crippen LogP contribution in [0, 0.1) is 6.92 Å². The minimum absolute atomic E-state index is 0.160. The molecule has 0 radical (unpaired) electrons. The molecule has 2 aliphatic carbocycles. The van der Waals surface area contributed by atoms with Crippen LogP contribution in [-0.4, -0.2) is 21.6 Å². The van der Waals surface area contributed by atoms with E-state index in [1.807, 2.05) is 12.5 Å². The van der Waals surface area contributed by atoms with E-state index in [9.17, 15) is 0 Å². The first-order valence-electron chi connectivity index (χ1n) is 10.2. The second-order valence-corrected chi connectivity index (χ2v) is 7.99. The van der Waals surface area contributed by atoms with E-state index in [4.69, 9.17) is 5.73 Å². The molecule has 4 rings (SSSR count). The van der Waals surface area contributed by atoms with Gasteiger partial charge in [0.1, 0.15) is 0 Å². The Bertz CT molecular complexity index is 795. The molecule has 0 saturated heterocycles. The molecule has 27 heavy (non-hydrogen) atoms. The van der Waals surface area contributed by atoms with E-state index in [-0.39, 0.29) is 12.1 Å². The van der Waals surface area contributed by atoms with Gasteiger partial charge in [-0.1, -0.05) is 55.2 Å². The minimum atomic E-state index is 0.160. The van der Waals surface area contributed by atoms with Crippen molar-refractivity contribution in [2.75, 3.05) is 0 Å². The number of nitrogens with one attached hydrogen (secondary N) is 1. The van der Waals surface area contributed by atoms with Crippen molar-refractivity contribution in [1.29, 1.82) is 0 Å². The second kappa shape index (κ2) is 8.13. The summed E-state index contributed by atoms with van der Waals surface area (Å²) in [5.41, 5.74) is 11.3. The minimum Gasteiger partial charge on any atom is -0.401 e. The number of aromatic nitrogens is 2. The van der Waals surface area contributed by atoms with Crippen LogP contribution in [0.15, 0.2) is 66.4 Å². The number of nitrogens with two attached hydrogens (primary N) is 1. The third-order valence-corrected chi connectivity index (χ3v) is 5.94. The lowest BCUT2D eigenvalue weighted by Crippen LogP contribution is -2.43. The highest BCUT2D eigenvalue weighted by atomic mass is 15.1. The van der Waals surface area contributed by atoms with E-state index in [1.165, 1.54) is 48.8 Å². The summed E-state index contributed by atoms with van der Waals surface area (Å²) in [5, 5.41) is 3.84. The first-order chi connectivity index (χ1) is 13.2. The number of aryl methyl sites for hydroxylation is 1. The van der Waals surface area contributed by atoms with Gasteiger partial charge in [-0.25, -0.2) is 4.98 Å². The zero-order valence-corrected chi connectivity index (χ0v) is 16.1. The van der Waals surface area contributed by atoms with E-state index in [0.717, 1.165) is 12.1 Å². The van der Waals surface area contributed by atoms with Gasteiger partial charge >= 0.3 is 0 Å². The Hall–Kier alpha value is -2.33. The van der Waals surface area contributed by atoms with Gasteiger partial charge in [0, 0.05) is 24.1 Å². The van der Waals surface area contributed by atoms with Gasteiger partial charge in [0.15, 0.2) is 0 Å². The Morgan fingerprint density at radius 3 is 2.59 bits per heavy atom. The average Bonchev–Trinajstić information content (AvgIpc) is 3.21. The highest BCUT2D eigenvalue weighted by Crippen LogP contribution is 2.33. The summed E-state index contributed by atoms with van der Waals surface area (Å²) in [6, 6.07) is 9.81. The lowest BCUT2D eigenvalue weighted by molar-refractivity contribution is 0.344. The highest BCUT2D eigenvalue weighted by molar-refractivity contribution is 5.37. The smallest absolute Gasteiger partial charge is 0.0954 e. The molecule has 0 aliphatic heterocycles. The van der Waals surface area contributed by atoms with Gasteiger partial charge < -0.3 is 15.6 Å². The molecule has 3 N–H and O–H groups in total. The van der Waals surface area contributed by atoms with Gasteiger partial charge in [-0.15, -0.1) is 0 Å². The topological polar surface area (TPSA) is 55.9 Å². The van der Waals surface area contributed by atoms with Gasteiger partial charge in [-0.2, -0.15) is 0 Å². The zero-order valence-electron chi connectivity index (χ0n) is 16.1. The average molecular weight is 363 g/mol. The first kappa shape index (κ1) is 18.1. The van der Waals surface area contributed by atoms with Crippen molar-refractivity contribution in [3.05, 3.63) is 77.5 Å². The molecule has 0 bridgehead atoms. The molecule has 4 heteroatoms. The van der Waals surface area contributed by atoms with Crippen LogP contribution in [0.1, 0.15) is 55.7 Å². The third kappa shape index (κ3) is 4.16. The number of nitrogens with zero attached hydrogens (tertiary/aromatic N) is 2. The van der Waals surface area contributed by atoms with Crippen molar-refractivity contribution < 1.29 is 0 Å². The predicted molar refractivity (Wildman–Crippen MR) is 110 cm³/mol. The zero-order chi connectivity index (χ0) is 18.6. The number of benzene rings is 1. The Kier molecular flexibility index (Phi) is 5.44. The SMILES string of the molecule is Cc1ccc(C(C2=CC=C(N)C(NC3CCCCC3)C2)n2ccnc2)cc1. The van der Waals surface area contributed by atoms with Crippen LogP contribution in [0.5, 0.6) is 0 Å². The molecule has 0 amide bonds. The Morgan fingerprint density at radius 2 is 1.89 bits per heavy atom. The normalized spacial score (nSPS) is 22.2. The van der Waals surface area contributed by atoms with Crippen molar-refractivity contribution in [1.82, 2.24) is 14.9 Å². The summed E-state index contributed by atoms with van der Waals surface area (Å²) in [7, 11) is 0. The van der Waals surface area contributed by atoms with Gasteiger partial charge in [-0.05, 0) is 43.4 Å². The van der Waals surface area contributed by atoms with E-state index in [1.54, 1.807) is 0 Å². The summed E-state index contributed by atoms with van der Waals surface area (Å²) in [4.78, 5) is 4.29. The predicted octanol–water partition coefficient (Wildman–Crippen LogP) is 4.24. The second-order valence-electron chi connectivity index (χ2n) is 7.99. The van der Waals surface area contributed by atoms with Crippen LogP contribution in [0.25, 0.3) is 0 Å². The summed E-state index contributed by atoms with van der Waals surface area (Å²) in [6.45, 7) is 2.13. The molecule has 1 heterocycles. The maximum atomic E-state index is 6.37. The Morgan fingerprint density at radius 1 is 1.11 bits per heavy atom. The molecule has 2 aromatic rings. The van der Waals surface area contributed by atoms with E-state index in [2.05, 4.69) is 64.4 Å². The molecular formula is C23H30N4. The largest absolute Gasteiger partial charge is 0.401 e. The molecule has 142 valence electrons. The standard InChI is InChI=1S/C23H30N4/c1-17-7-9-18(10-8-17)23(27-14-13-25-16-27)19-11-12-21(24)22(15-19)26-20-5-3-2-4-6-20/h7-14,16,20,22-23,26H,2-6,15,24H2,1H3. The molecule has 2 aliphatic rings. The molecular weight excluding hydrogens is 332 g/mol. The molecule has 1 aromatic heterocycles. The van der Waals surface area contributed by atoms with Crippen LogP contribution in [0.4, 0.5) is 0 Å². The highest BCUT2D eigenvalue weighted by Gasteiger charge is 2.27. The maximum Gasteiger partial charge on any atom is 0.0954 e. The van der Waals surface area contributed by atoms with E-state index in [0.29, 0.717) is 6.04 Å². The van der Waals surface area contributed by atoms with Crippen molar-refractivity contribution in [2.24, 2.45) is 5.73 Å². The van der Waals surface area contributed by atoms with Crippen molar-refractivity contribution >= 4 is 0 Å². The van der Waals surface area contributed by atoms with Crippen molar-refractivity contribution in [3.63, 3.8) is 0 Å². The Balaban J connectivity index is 1.59. The molecule has 4 nitrogen and oxygen atoms in total. The van der Waals surface area contributed by atoms with Crippen LogP contribution in [-0.2, 0) is 0 Å². The van der Waals surface area contributed by atoms with Crippen LogP contribution in [0.3, 0.4) is 0 Å². The number of allylic oxidation sites excluding steroid dienone is 2. The van der Waals surface area contributed by atoms with Gasteiger partial charge in [0.25, 0.3) is 0 Å². The Labute approximate surface area is 162 Å². The van der Waals surface area contributed by atoms with Gasteiger partial charge in [0.05, 0.1) is 18.4 Å². The summed E-state index contributed by atoms with van der Waals surface area (Å²) in [5.74, 6) is 0. The first-order valence-corrected chi connectivity index (χ1v) is 10.2. The fourth-order valence-corrected chi connectivity index (χ4v) is 4.40. The van der Waals surface area contributed by atoms with E-state index >= 15 is 0 Å². The summed E-state index contributed by atoms with van der Waals surface area (Å²) < 4.78 is 2.20. The monoisotopic (exact) mass is 362 g/mol. The maximum absolute atomic E-state index is 6.37. The summed E-state index contributed by atoms with van der Waals surface area (Å²) >= 11 is 0. The number of hydrogen-bond acceptors (Lipinski definition) is 3. The fourth-order valence-electron chi connectivity index (χ4n) is 4.40. The lowest BCUT2D eigenvalue weighted by atomic mass is 9.87. The number of hydrogen-bond donors (Lipinski definition) is 2. The van der Waals surface area contributed by atoms with Gasteiger partial charge in [0.2, 0.25) is 0 Å². The van der Waals surface area contributed by atoms with Gasteiger partial charge in [-0.3, -0.25) is 0 Å². The van der Waals surface area contributed by atoms with Crippen molar-refractivity contribution in [3.8, 4) is 0 Å². The number of rotatable bonds is 5.